The van der Waals surface area contributed by atoms with E-state index >= 15 is 0 Å². The zero-order valence-electron chi connectivity index (χ0n) is 10.3. The maximum atomic E-state index is 5.27. The van der Waals surface area contributed by atoms with Crippen molar-refractivity contribution in [3.63, 3.8) is 0 Å². The fraction of sp³-hybridized carbons (Fsp3) is 0.818. The van der Waals surface area contributed by atoms with Gasteiger partial charge in [0.2, 0.25) is 0 Å². The normalized spacial score (nSPS) is 14.2. The van der Waals surface area contributed by atoms with E-state index < -0.39 is 0 Å². The van der Waals surface area contributed by atoms with Gasteiger partial charge in [0.1, 0.15) is 5.82 Å². The van der Waals surface area contributed by atoms with Gasteiger partial charge >= 0.3 is 0 Å². The van der Waals surface area contributed by atoms with Gasteiger partial charge in [0.25, 0.3) is 0 Å². The molecule has 1 aromatic heterocycles. The van der Waals surface area contributed by atoms with Crippen LogP contribution in [0.15, 0.2) is 0 Å². The number of aromatic amines is 1. The molecule has 15 heavy (non-hydrogen) atoms. The Kier molecular flexibility index (Phi) is 3.71. The van der Waals surface area contributed by atoms with Gasteiger partial charge in [-0.25, -0.2) is 0 Å². The average Bonchev–Trinajstić information content (AvgIpc) is 2.46. The molecule has 1 atom stereocenters. The first kappa shape index (κ1) is 12.4. The van der Waals surface area contributed by atoms with Gasteiger partial charge in [-0.1, -0.05) is 20.3 Å². The molecule has 4 heteroatoms. The minimum Gasteiger partial charge on any atom is -0.299 e. The van der Waals surface area contributed by atoms with Gasteiger partial charge in [-0.2, -0.15) is 5.10 Å². The van der Waals surface area contributed by atoms with E-state index in [1.807, 2.05) is 0 Å². The van der Waals surface area contributed by atoms with Crippen molar-refractivity contribution in [1.82, 2.24) is 14.8 Å². The second kappa shape index (κ2) is 4.47. The van der Waals surface area contributed by atoms with Gasteiger partial charge in [-0.15, -0.1) is 0 Å². The molecule has 1 N–H and O–H groups in total. The Morgan fingerprint density at radius 2 is 2.07 bits per heavy atom. The molecule has 1 aromatic rings. The Morgan fingerprint density at radius 1 is 1.47 bits per heavy atom. The molecule has 0 aliphatic heterocycles. The number of nitrogens with zero attached hydrogens (tertiary/aromatic N) is 2. The third-order valence-electron chi connectivity index (χ3n) is 2.53. The van der Waals surface area contributed by atoms with Crippen molar-refractivity contribution in [1.29, 1.82) is 0 Å². The van der Waals surface area contributed by atoms with Crippen LogP contribution in [0.4, 0.5) is 0 Å². The van der Waals surface area contributed by atoms with Gasteiger partial charge in [-0.3, -0.25) is 9.67 Å². The molecule has 86 valence electrons. The molecular formula is C11H21N3S. The Labute approximate surface area is 96.9 Å². The molecule has 3 nitrogen and oxygen atoms in total. The number of rotatable bonds is 3. The zero-order valence-corrected chi connectivity index (χ0v) is 11.1. The van der Waals surface area contributed by atoms with E-state index in [-0.39, 0.29) is 5.54 Å². The second-order valence-electron chi connectivity index (χ2n) is 5.08. The maximum Gasteiger partial charge on any atom is 0.195 e. The fourth-order valence-corrected chi connectivity index (χ4v) is 2.26. The van der Waals surface area contributed by atoms with E-state index in [1.54, 1.807) is 0 Å². The SMILES string of the molecule is CCCC(C)c1n[nH]c(=S)n1C(C)(C)C. The number of aromatic nitrogens is 3. The van der Waals surface area contributed by atoms with E-state index in [4.69, 9.17) is 12.2 Å². The molecule has 0 fully saturated rings. The molecule has 1 heterocycles. The van der Waals surface area contributed by atoms with Crippen LogP contribution in [0.5, 0.6) is 0 Å². The molecule has 0 saturated carbocycles. The van der Waals surface area contributed by atoms with Crippen molar-refractivity contribution in [2.75, 3.05) is 0 Å². The van der Waals surface area contributed by atoms with E-state index in [1.165, 1.54) is 6.42 Å². The van der Waals surface area contributed by atoms with Crippen LogP contribution in [-0.2, 0) is 5.54 Å². The summed E-state index contributed by atoms with van der Waals surface area (Å²) in [6, 6.07) is 0. The molecule has 1 rings (SSSR count). The summed E-state index contributed by atoms with van der Waals surface area (Å²) in [5.74, 6) is 1.54. The molecule has 0 bridgehead atoms. The van der Waals surface area contributed by atoms with Crippen LogP contribution in [-0.4, -0.2) is 14.8 Å². The summed E-state index contributed by atoms with van der Waals surface area (Å²) in [7, 11) is 0. The molecule has 0 radical (unpaired) electrons. The van der Waals surface area contributed by atoms with Gasteiger partial charge in [0, 0.05) is 11.5 Å². The molecule has 0 aliphatic rings. The number of hydrogen-bond acceptors (Lipinski definition) is 2. The summed E-state index contributed by atoms with van der Waals surface area (Å²) in [5.41, 5.74) is 0.00141. The zero-order chi connectivity index (χ0) is 11.6. The standard InChI is InChI=1S/C11H21N3S/c1-6-7-8(2)9-12-13-10(15)14(9)11(3,4)5/h8H,6-7H2,1-5H3,(H,13,15). The summed E-state index contributed by atoms with van der Waals surface area (Å²) in [6.45, 7) is 10.9. The molecule has 0 spiro atoms. The quantitative estimate of drug-likeness (QED) is 0.800. The van der Waals surface area contributed by atoms with Crippen molar-refractivity contribution < 1.29 is 0 Å². The van der Waals surface area contributed by atoms with E-state index in [2.05, 4.69) is 49.4 Å². The minimum atomic E-state index is 0.00141. The fourth-order valence-electron chi connectivity index (χ4n) is 1.85. The highest BCUT2D eigenvalue weighted by atomic mass is 32.1. The maximum absolute atomic E-state index is 5.27. The van der Waals surface area contributed by atoms with Crippen LogP contribution >= 0.6 is 12.2 Å². The number of hydrogen-bond donors (Lipinski definition) is 1. The predicted octanol–water partition coefficient (Wildman–Crippen LogP) is 3.60. The summed E-state index contributed by atoms with van der Waals surface area (Å²) >= 11 is 5.27. The van der Waals surface area contributed by atoms with Gasteiger partial charge in [0.05, 0.1) is 0 Å². The van der Waals surface area contributed by atoms with E-state index in [9.17, 15) is 0 Å². The lowest BCUT2D eigenvalue weighted by atomic mass is 10.0. The molecule has 0 saturated heterocycles. The van der Waals surface area contributed by atoms with Crippen LogP contribution in [0.3, 0.4) is 0 Å². The molecular weight excluding hydrogens is 206 g/mol. The molecule has 0 amide bonds. The first-order valence-corrected chi connectivity index (χ1v) is 5.96. The van der Waals surface area contributed by atoms with E-state index in [0.29, 0.717) is 5.92 Å². The molecule has 0 aromatic carbocycles. The third kappa shape index (κ3) is 2.68. The number of H-pyrrole nitrogens is 1. The Bertz CT molecular complexity index is 370. The monoisotopic (exact) mass is 227 g/mol. The van der Waals surface area contributed by atoms with Crippen molar-refractivity contribution in [2.45, 2.75) is 58.9 Å². The summed E-state index contributed by atoms with van der Waals surface area (Å²) in [5, 5.41) is 7.25. The second-order valence-corrected chi connectivity index (χ2v) is 5.47. The first-order valence-electron chi connectivity index (χ1n) is 5.55. The van der Waals surface area contributed by atoms with E-state index in [0.717, 1.165) is 17.0 Å². The lowest BCUT2D eigenvalue weighted by molar-refractivity contribution is 0.367. The van der Waals surface area contributed by atoms with Crippen LogP contribution < -0.4 is 0 Å². The Morgan fingerprint density at radius 3 is 2.53 bits per heavy atom. The predicted molar refractivity (Wildman–Crippen MR) is 65.7 cm³/mol. The first-order chi connectivity index (χ1) is 6.88. The Balaban J connectivity index is 3.15. The highest BCUT2D eigenvalue weighted by Gasteiger charge is 2.22. The average molecular weight is 227 g/mol. The minimum absolute atomic E-state index is 0.00141. The van der Waals surface area contributed by atoms with Gasteiger partial charge in [0.15, 0.2) is 4.77 Å². The summed E-state index contributed by atoms with van der Waals surface area (Å²) in [4.78, 5) is 0. The smallest absolute Gasteiger partial charge is 0.195 e. The van der Waals surface area contributed by atoms with Crippen molar-refractivity contribution in [3.8, 4) is 0 Å². The van der Waals surface area contributed by atoms with Crippen molar-refractivity contribution in [2.24, 2.45) is 0 Å². The largest absolute Gasteiger partial charge is 0.299 e. The van der Waals surface area contributed by atoms with Gasteiger partial charge < -0.3 is 0 Å². The highest BCUT2D eigenvalue weighted by Crippen LogP contribution is 2.24. The molecule has 1 unspecified atom stereocenters. The molecule has 0 aliphatic carbocycles. The third-order valence-corrected chi connectivity index (χ3v) is 2.81. The lowest BCUT2D eigenvalue weighted by Crippen LogP contribution is -2.25. The Hall–Kier alpha value is -0.640. The van der Waals surface area contributed by atoms with Crippen LogP contribution in [0.25, 0.3) is 0 Å². The van der Waals surface area contributed by atoms with Crippen molar-refractivity contribution in [3.05, 3.63) is 10.6 Å². The highest BCUT2D eigenvalue weighted by molar-refractivity contribution is 7.71. The lowest BCUT2D eigenvalue weighted by Gasteiger charge is -2.24. The van der Waals surface area contributed by atoms with Gasteiger partial charge in [-0.05, 0) is 39.4 Å². The van der Waals surface area contributed by atoms with Crippen LogP contribution in [0.1, 0.15) is 59.2 Å². The van der Waals surface area contributed by atoms with Crippen molar-refractivity contribution >= 4 is 12.2 Å². The van der Waals surface area contributed by atoms with Crippen LogP contribution in [0, 0.1) is 4.77 Å². The number of nitrogens with one attached hydrogen (secondary N) is 1. The topological polar surface area (TPSA) is 33.6 Å². The summed E-state index contributed by atoms with van der Waals surface area (Å²) in [6.07, 6.45) is 2.32. The summed E-state index contributed by atoms with van der Waals surface area (Å²) < 4.78 is 2.85. The van der Waals surface area contributed by atoms with Crippen LogP contribution in [0.2, 0.25) is 0 Å².